The molecule has 0 fully saturated rings. The van der Waals surface area contributed by atoms with Gasteiger partial charge in [-0.05, 0) is 19.3 Å². The molecule has 0 amide bonds. The molecular formula is C8H12N2. The van der Waals surface area contributed by atoms with Crippen LogP contribution in [0.5, 0.6) is 0 Å². The lowest BCUT2D eigenvalue weighted by molar-refractivity contribution is 0.818. The maximum Gasteiger partial charge on any atom is 0.0450 e. The monoisotopic (exact) mass is 136 g/mol. The highest BCUT2D eigenvalue weighted by atomic mass is 14.8. The van der Waals surface area contributed by atoms with Crippen LogP contribution in [0, 0.1) is 5.92 Å². The molecule has 0 aromatic heterocycles. The van der Waals surface area contributed by atoms with Crippen LogP contribution in [0.15, 0.2) is 22.4 Å². The van der Waals surface area contributed by atoms with Crippen molar-refractivity contribution in [2.24, 2.45) is 15.9 Å². The molecule has 10 heavy (non-hydrogen) atoms. The van der Waals surface area contributed by atoms with Gasteiger partial charge in [-0.3, -0.25) is 9.98 Å². The van der Waals surface area contributed by atoms with Gasteiger partial charge in [-0.15, -0.1) is 0 Å². The smallest absolute Gasteiger partial charge is 0.0450 e. The van der Waals surface area contributed by atoms with Gasteiger partial charge in [0.2, 0.25) is 0 Å². The van der Waals surface area contributed by atoms with E-state index < -0.39 is 0 Å². The SMILES string of the molecule is CC1=N/C=C\N=CCC1C. The van der Waals surface area contributed by atoms with Crippen LogP contribution < -0.4 is 0 Å². The Morgan fingerprint density at radius 2 is 2.30 bits per heavy atom. The molecule has 0 aromatic carbocycles. The van der Waals surface area contributed by atoms with Crippen molar-refractivity contribution >= 4 is 11.9 Å². The van der Waals surface area contributed by atoms with E-state index in [1.54, 1.807) is 12.4 Å². The van der Waals surface area contributed by atoms with Crippen molar-refractivity contribution in [2.45, 2.75) is 20.3 Å². The molecule has 1 rings (SSSR count). The minimum Gasteiger partial charge on any atom is -0.267 e. The van der Waals surface area contributed by atoms with E-state index in [4.69, 9.17) is 0 Å². The van der Waals surface area contributed by atoms with E-state index >= 15 is 0 Å². The summed E-state index contributed by atoms with van der Waals surface area (Å²) in [5, 5.41) is 0. The van der Waals surface area contributed by atoms with E-state index in [9.17, 15) is 0 Å². The molecule has 1 aliphatic heterocycles. The van der Waals surface area contributed by atoms with Crippen LogP contribution >= 0.6 is 0 Å². The molecule has 0 aliphatic carbocycles. The number of rotatable bonds is 0. The third kappa shape index (κ3) is 1.79. The normalized spacial score (nSPS) is 28.6. The lowest BCUT2D eigenvalue weighted by atomic mass is 10.0. The van der Waals surface area contributed by atoms with Crippen molar-refractivity contribution in [2.75, 3.05) is 0 Å². The van der Waals surface area contributed by atoms with E-state index in [1.165, 1.54) is 5.71 Å². The van der Waals surface area contributed by atoms with Crippen LogP contribution in [0.1, 0.15) is 20.3 Å². The molecule has 2 nitrogen and oxygen atoms in total. The molecular weight excluding hydrogens is 124 g/mol. The summed E-state index contributed by atoms with van der Waals surface area (Å²) in [6, 6.07) is 0. The van der Waals surface area contributed by atoms with E-state index in [1.807, 2.05) is 13.1 Å². The first kappa shape index (κ1) is 7.19. The van der Waals surface area contributed by atoms with Crippen molar-refractivity contribution in [3.05, 3.63) is 12.4 Å². The fourth-order valence-corrected chi connectivity index (χ4v) is 0.767. The summed E-state index contributed by atoms with van der Waals surface area (Å²) in [6.45, 7) is 4.21. The minimum atomic E-state index is 0.536. The molecule has 0 saturated carbocycles. The van der Waals surface area contributed by atoms with Crippen molar-refractivity contribution in [3.8, 4) is 0 Å². The molecule has 0 spiro atoms. The molecule has 0 saturated heterocycles. The van der Waals surface area contributed by atoms with Gasteiger partial charge in [-0.2, -0.15) is 0 Å². The summed E-state index contributed by atoms with van der Waals surface area (Å²) in [5.41, 5.74) is 1.18. The van der Waals surface area contributed by atoms with Crippen LogP contribution in [0.2, 0.25) is 0 Å². The predicted molar refractivity (Wildman–Crippen MR) is 44.5 cm³/mol. The van der Waals surface area contributed by atoms with Gasteiger partial charge in [-0.1, -0.05) is 6.92 Å². The molecule has 1 heterocycles. The van der Waals surface area contributed by atoms with Gasteiger partial charge in [0.15, 0.2) is 0 Å². The number of nitrogens with zero attached hydrogens (tertiary/aromatic N) is 2. The molecule has 0 aromatic rings. The van der Waals surface area contributed by atoms with Gasteiger partial charge in [0.25, 0.3) is 0 Å². The van der Waals surface area contributed by atoms with Crippen LogP contribution in [-0.2, 0) is 0 Å². The Morgan fingerprint density at radius 3 is 3.10 bits per heavy atom. The van der Waals surface area contributed by atoms with Crippen LogP contribution in [0.4, 0.5) is 0 Å². The van der Waals surface area contributed by atoms with Crippen molar-refractivity contribution < 1.29 is 0 Å². The van der Waals surface area contributed by atoms with Crippen molar-refractivity contribution in [3.63, 3.8) is 0 Å². The molecule has 0 radical (unpaired) electrons. The summed E-state index contributed by atoms with van der Waals surface area (Å²) >= 11 is 0. The first-order chi connectivity index (χ1) is 4.80. The molecule has 2 heteroatoms. The summed E-state index contributed by atoms with van der Waals surface area (Å²) in [6.07, 6.45) is 6.38. The molecule has 0 bridgehead atoms. The standard InChI is InChI=1S/C8H12N2/c1-7-3-4-9-5-6-10-8(7)2/h4-7H,3H2,1-2H3/b6-5-,9-4?,10-8?. The minimum absolute atomic E-state index is 0.536. The summed E-state index contributed by atoms with van der Waals surface area (Å²) in [7, 11) is 0. The Morgan fingerprint density at radius 1 is 1.50 bits per heavy atom. The number of hydrogen-bond donors (Lipinski definition) is 0. The van der Waals surface area contributed by atoms with E-state index in [0.29, 0.717) is 5.92 Å². The summed E-state index contributed by atoms with van der Waals surface area (Å²) < 4.78 is 0. The highest BCUT2D eigenvalue weighted by Gasteiger charge is 2.02. The van der Waals surface area contributed by atoms with Crippen LogP contribution in [-0.4, -0.2) is 11.9 Å². The molecule has 54 valence electrons. The van der Waals surface area contributed by atoms with Gasteiger partial charge in [-0.25, -0.2) is 0 Å². The largest absolute Gasteiger partial charge is 0.267 e. The second-order valence-electron chi connectivity index (χ2n) is 2.54. The van der Waals surface area contributed by atoms with Crippen molar-refractivity contribution in [1.29, 1.82) is 0 Å². The average molecular weight is 136 g/mol. The summed E-state index contributed by atoms with van der Waals surface area (Å²) in [5.74, 6) is 0.536. The Labute approximate surface area is 61.4 Å². The lowest BCUT2D eigenvalue weighted by Gasteiger charge is -2.06. The topological polar surface area (TPSA) is 24.7 Å². The highest BCUT2D eigenvalue weighted by Crippen LogP contribution is 2.04. The maximum atomic E-state index is 4.19. The Balaban J connectivity index is 2.73. The van der Waals surface area contributed by atoms with E-state index in [-0.39, 0.29) is 0 Å². The Kier molecular flexibility index (Phi) is 2.37. The molecule has 1 aliphatic rings. The Bertz CT molecular complexity index is 189. The van der Waals surface area contributed by atoms with Gasteiger partial charge in [0.05, 0.1) is 0 Å². The molecule has 1 atom stereocenters. The Hall–Kier alpha value is -0.920. The zero-order valence-electron chi connectivity index (χ0n) is 6.41. The number of hydrogen-bond acceptors (Lipinski definition) is 2. The first-order valence-electron chi connectivity index (χ1n) is 3.51. The second-order valence-corrected chi connectivity index (χ2v) is 2.54. The van der Waals surface area contributed by atoms with Crippen LogP contribution in [0.3, 0.4) is 0 Å². The van der Waals surface area contributed by atoms with Crippen molar-refractivity contribution in [1.82, 2.24) is 0 Å². The van der Waals surface area contributed by atoms with Gasteiger partial charge in [0.1, 0.15) is 0 Å². The molecule has 0 N–H and O–H groups in total. The first-order valence-corrected chi connectivity index (χ1v) is 3.51. The highest BCUT2D eigenvalue weighted by molar-refractivity contribution is 5.87. The predicted octanol–water partition coefficient (Wildman–Crippen LogP) is 2.03. The third-order valence-corrected chi connectivity index (χ3v) is 1.71. The van der Waals surface area contributed by atoms with Gasteiger partial charge in [0, 0.05) is 24.3 Å². The third-order valence-electron chi connectivity index (χ3n) is 1.71. The van der Waals surface area contributed by atoms with Crippen LogP contribution in [0.25, 0.3) is 0 Å². The summed E-state index contributed by atoms with van der Waals surface area (Å²) in [4.78, 5) is 8.19. The fourth-order valence-electron chi connectivity index (χ4n) is 0.767. The zero-order chi connectivity index (χ0) is 7.40. The second kappa shape index (κ2) is 3.30. The quantitative estimate of drug-likeness (QED) is 0.487. The fraction of sp³-hybridized carbons (Fsp3) is 0.500. The van der Waals surface area contributed by atoms with E-state index in [0.717, 1.165) is 6.42 Å². The zero-order valence-corrected chi connectivity index (χ0v) is 6.41. The average Bonchev–Trinajstić information content (AvgIpc) is 1.92. The molecule has 1 unspecified atom stereocenters. The lowest BCUT2D eigenvalue weighted by Crippen LogP contribution is -2.07. The number of aliphatic imine (C=N–C) groups is 2. The van der Waals surface area contributed by atoms with Gasteiger partial charge < -0.3 is 0 Å². The maximum absolute atomic E-state index is 4.19. The van der Waals surface area contributed by atoms with E-state index in [2.05, 4.69) is 16.9 Å². The van der Waals surface area contributed by atoms with Gasteiger partial charge >= 0.3 is 0 Å².